The summed E-state index contributed by atoms with van der Waals surface area (Å²) >= 11 is 0. The maximum absolute atomic E-state index is 13.8. The number of nitrogens with one attached hydrogen (secondary N) is 2. The fraction of sp³-hybridized carbons (Fsp3) is 0.174. The van der Waals surface area contributed by atoms with Crippen molar-refractivity contribution in [2.75, 3.05) is 16.4 Å². The summed E-state index contributed by atoms with van der Waals surface area (Å²) in [6.45, 7) is 0. The van der Waals surface area contributed by atoms with Gasteiger partial charge in [-0.15, -0.1) is 0 Å². The van der Waals surface area contributed by atoms with Gasteiger partial charge in [0.15, 0.2) is 23.1 Å². The number of nitrogens with zero attached hydrogens (tertiary/aromatic N) is 3. The molecule has 1 fully saturated rings. The van der Waals surface area contributed by atoms with Crippen LogP contribution in [0.2, 0.25) is 0 Å². The number of nitrogens with two attached hydrogens (primary N) is 1. The lowest BCUT2D eigenvalue weighted by atomic mass is 10.0. The highest BCUT2D eigenvalue weighted by Crippen LogP contribution is 2.42. The fourth-order valence-corrected chi connectivity index (χ4v) is 3.73. The van der Waals surface area contributed by atoms with Crippen LogP contribution in [0.5, 0.6) is 0 Å². The largest absolute Gasteiger partial charge is 0.382 e. The number of hydrogen-bond donors (Lipinski definition) is 3. The van der Waals surface area contributed by atoms with Crippen LogP contribution in [0, 0.1) is 11.6 Å². The van der Waals surface area contributed by atoms with Crippen LogP contribution in [-0.4, -0.2) is 20.8 Å². The number of nitrogen functional groups attached to an aromatic ring is 1. The van der Waals surface area contributed by atoms with Crippen LogP contribution >= 0.6 is 0 Å². The third kappa shape index (κ3) is 3.62. The van der Waals surface area contributed by atoms with Gasteiger partial charge in [0.05, 0.1) is 11.1 Å². The average molecular weight is 434 g/mol. The molecule has 4 N–H and O–H groups in total. The summed E-state index contributed by atoms with van der Waals surface area (Å²) in [7, 11) is 1.82. The van der Waals surface area contributed by atoms with Crippen molar-refractivity contribution in [3.05, 3.63) is 65.9 Å². The lowest BCUT2D eigenvalue weighted by Gasteiger charge is -2.11. The molecule has 1 saturated carbocycles. The molecule has 0 unspecified atom stereocenters. The molecule has 0 atom stereocenters. The first-order valence-corrected chi connectivity index (χ1v) is 10.2. The Morgan fingerprint density at radius 2 is 1.88 bits per heavy atom. The predicted molar refractivity (Wildman–Crippen MR) is 119 cm³/mol. The van der Waals surface area contributed by atoms with E-state index in [1.807, 2.05) is 19.2 Å². The van der Waals surface area contributed by atoms with Gasteiger partial charge in [-0.1, -0.05) is 18.2 Å². The molecule has 7 nitrogen and oxygen atoms in total. The third-order valence-corrected chi connectivity index (χ3v) is 5.49. The van der Waals surface area contributed by atoms with Gasteiger partial charge in [0, 0.05) is 24.3 Å². The van der Waals surface area contributed by atoms with Crippen molar-refractivity contribution in [3.8, 4) is 11.1 Å². The van der Waals surface area contributed by atoms with E-state index in [9.17, 15) is 13.6 Å². The number of hydrogen-bond acceptors (Lipinski definition) is 4. The van der Waals surface area contributed by atoms with Crippen molar-refractivity contribution in [2.24, 2.45) is 7.05 Å². The normalized spacial score (nSPS) is 13.3. The average Bonchev–Trinajstić information content (AvgIpc) is 3.58. The van der Waals surface area contributed by atoms with Crippen LogP contribution in [0.4, 0.5) is 30.8 Å². The van der Waals surface area contributed by atoms with Gasteiger partial charge in [-0.3, -0.25) is 0 Å². The lowest BCUT2D eigenvalue weighted by molar-refractivity contribution is 0.262. The Hall–Kier alpha value is -4.01. The lowest BCUT2D eigenvalue weighted by Crippen LogP contribution is -2.20. The van der Waals surface area contributed by atoms with Gasteiger partial charge >= 0.3 is 6.03 Å². The molecule has 4 aromatic rings. The van der Waals surface area contributed by atoms with Crippen molar-refractivity contribution >= 4 is 34.3 Å². The number of carbonyl (C=O) groups is 1. The van der Waals surface area contributed by atoms with E-state index in [1.54, 1.807) is 16.8 Å². The topological polar surface area (TPSA) is 97.9 Å². The molecule has 0 spiro atoms. The van der Waals surface area contributed by atoms with E-state index in [4.69, 9.17) is 10.7 Å². The number of halogens is 2. The molecule has 0 bridgehead atoms. The van der Waals surface area contributed by atoms with Crippen LogP contribution in [-0.2, 0) is 7.05 Å². The smallest absolute Gasteiger partial charge is 0.323 e. The highest BCUT2D eigenvalue weighted by Gasteiger charge is 2.27. The van der Waals surface area contributed by atoms with E-state index in [1.165, 1.54) is 12.1 Å². The number of anilines is 3. The Kier molecular flexibility index (Phi) is 4.73. The first-order chi connectivity index (χ1) is 15.4. The predicted octanol–water partition coefficient (Wildman–Crippen LogP) is 5.02. The van der Waals surface area contributed by atoms with E-state index in [-0.39, 0.29) is 5.69 Å². The highest BCUT2D eigenvalue weighted by atomic mass is 19.2. The zero-order valence-corrected chi connectivity index (χ0v) is 17.2. The standard InChI is InChI=1S/C23H20F2N6O/c1-31-22-19(21(26)30-31)15(11-18(28-22)13-5-6-13)12-7-9-14(10-8-12)27-23(32)29-17-4-2-3-16(24)20(17)25/h2-4,7-11,13H,5-6H2,1H3,(H2,26,30)(H2,27,29,32). The molecule has 162 valence electrons. The van der Waals surface area contributed by atoms with Crippen LogP contribution in [0.25, 0.3) is 22.2 Å². The van der Waals surface area contributed by atoms with Gasteiger partial charge in [0.2, 0.25) is 0 Å². The van der Waals surface area contributed by atoms with Gasteiger partial charge in [0.25, 0.3) is 0 Å². The maximum Gasteiger partial charge on any atom is 0.323 e. The molecule has 0 aliphatic heterocycles. The summed E-state index contributed by atoms with van der Waals surface area (Å²) in [4.78, 5) is 17.0. The van der Waals surface area contributed by atoms with E-state index in [0.717, 1.165) is 46.8 Å². The number of amides is 2. The van der Waals surface area contributed by atoms with E-state index in [0.29, 0.717) is 17.4 Å². The Balaban J connectivity index is 1.41. The summed E-state index contributed by atoms with van der Waals surface area (Å²) < 4.78 is 28.8. The molecule has 9 heteroatoms. The molecular formula is C23H20F2N6O. The Labute approximate surface area is 182 Å². The first kappa shape index (κ1) is 19.9. The highest BCUT2D eigenvalue weighted by molar-refractivity contribution is 6.02. The number of rotatable bonds is 4. The van der Waals surface area contributed by atoms with E-state index in [2.05, 4.69) is 21.8 Å². The van der Waals surface area contributed by atoms with Crippen molar-refractivity contribution in [2.45, 2.75) is 18.8 Å². The molecule has 2 amide bonds. The second-order valence-electron chi connectivity index (χ2n) is 7.83. The number of benzene rings is 2. The molecule has 1 aliphatic carbocycles. The number of aromatic nitrogens is 3. The molecule has 0 radical (unpaired) electrons. The van der Waals surface area contributed by atoms with Gasteiger partial charge in [-0.05, 0) is 54.3 Å². The molecule has 2 heterocycles. The molecule has 2 aromatic carbocycles. The van der Waals surface area contributed by atoms with Crippen LogP contribution in [0.15, 0.2) is 48.5 Å². The van der Waals surface area contributed by atoms with Crippen LogP contribution in [0.3, 0.4) is 0 Å². The summed E-state index contributed by atoms with van der Waals surface area (Å²) in [5, 5.41) is 10.0. The summed E-state index contributed by atoms with van der Waals surface area (Å²) in [6.07, 6.45) is 2.24. The van der Waals surface area contributed by atoms with Crippen molar-refractivity contribution in [3.63, 3.8) is 0 Å². The SMILES string of the molecule is Cn1nc(N)c2c(-c3ccc(NC(=O)Nc4cccc(F)c4F)cc3)cc(C3CC3)nc21. The third-order valence-electron chi connectivity index (χ3n) is 5.49. The monoisotopic (exact) mass is 434 g/mol. The minimum atomic E-state index is -1.11. The number of pyridine rings is 1. The summed E-state index contributed by atoms with van der Waals surface area (Å²) in [5.41, 5.74) is 10.0. The fourth-order valence-electron chi connectivity index (χ4n) is 3.73. The van der Waals surface area contributed by atoms with Gasteiger partial charge in [-0.25, -0.2) is 23.2 Å². The van der Waals surface area contributed by atoms with E-state index >= 15 is 0 Å². The number of carbonyl (C=O) groups excluding carboxylic acids is 1. The molecule has 2 aromatic heterocycles. The van der Waals surface area contributed by atoms with Crippen molar-refractivity contribution < 1.29 is 13.6 Å². The minimum Gasteiger partial charge on any atom is -0.382 e. The van der Waals surface area contributed by atoms with Crippen molar-refractivity contribution in [1.29, 1.82) is 0 Å². The van der Waals surface area contributed by atoms with Gasteiger partial charge in [-0.2, -0.15) is 5.10 Å². The second-order valence-corrected chi connectivity index (χ2v) is 7.83. The number of fused-ring (bicyclic) bond motifs is 1. The zero-order valence-electron chi connectivity index (χ0n) is 17.2. The molecule has 0 saturated heterocycles. The van der Waals surface area contributed by atoms with Gasteiger partial charge in [0.1, 0.15) is 0 Å². The van der Waals surface area contributed by atoms with Crippen molar-refractivity contribution in [1.82, 2.24) is 14.8 Å². The molecular weight excluding hydrogens is 414 g/mol. The van der Waals surface area contributed by atoms with Crippen LogP contribution < -0.4 is 16.4 Å². The molecule has 32 heavy (non-hydrogen) atoms. The quantitative estimate of drug-likeness (QED) is 0.420. The number of urea groups is 1. The molecule has 5 rings (SSSR count). The first-order valence-electron chi connectivity index (χ1n) is 10.2. The number of aryl methyl sites for hydroxylation is 1. The Morgan fingerprint density at radius 3 is 2.59 bits per heavy atom. The van der Waals surface area contributed by atoms with E-state index < -0.39 is 17.7 Å². The van der Waals surface area contributed by atoms with Gasteiger partial charge < -0.3 is 16.4 Å². The summed E-state index contributed by atoms with van der Waals surface area (Å²) in [5.74, 6) is -1.27. The molecule has 1 aliphatic rings. The zero-order chi connectivity index (χ0) is 22.4. The second kappa shape index (κ2) is 7.60. The van der Waals surface area contributed by atoms with Crippen LogP contribution in [0.1, 0.15) is 24.5 Å². The minimum absolute atomic E-state index is 0.238. The maximum atomic E-state index is 13.8. The Morgan fingerprint density at radius 1 is 1.12 bits per heavy atom. The Bertz CT molecular complexity index is 1350. The summed E-state index contributed by atoms with van der Waals surface area (Å²) in [6, 6.07) is 12.1.